The summed E-state index contributed by atoms with van der Waals surface area (Å²) in [6, 6.07) is 14.8. The maximum absolute atomic E-state index is 6.57. The number of aromatic nitrogens is 1. The quantitative estimate of drug-likeness (QED) is 0.741. The zero-order valence-corrected chi connectivity index (χ0v) is 15.7. The van der Waals surface area contributed by atoms with Crippen LogP contribution in [0.5, 0.6) is 0 Å². The maximum atomic E-state index is 6.57. The normalized spacial score (nSPS) is 14.8. The van der Waals surface area contributed by atoms with E-state index in [9.17, 15) is 0 Å². The molecule has 0 amide bonds. The standard InChI is InChI=1S/C21H23ClN4/c1-14-2-3-15(13-23)10-18(14)16-4-5-20-17(11-16)12-19(22)21(25-20)26-8-6-24-7-9-26/h2-5,10-12,24H,6-9,13,23H2,1H3. The van der Waals surface area contributed by atoms with Gasteiger partial charge in [-0.3, -0.25) is 0 Å². The molecule has 1 aromatic heterocycles. The Morgan fingerprint density at radius 3 is 2.69 bits per heavy atom. The molecule has 4 nitrogen and oxygen atoms in total. The molecular weight excluding hydrogens is 344 g/mol. The number of anilines is 1. The molecule has 5 heteroatoms. The van der Waals surface area contributed by atoms with Gasteiger partial charge in [-0.25, -0.2) is 4.98 Å². The minimum absolute atomic E-state index is 0.544. The number of hydrogen-bond donors (Lipinski definition) is 2. The molecule has 2 aromatic carbocycles. The van der Waals surface area contributed by atoms with Crippen LogP contribution >= 0.6 is 11.6 Å². The van der Waals surface area contributed by atoms with Gasteiger partial charge in [0.1, 0.15) is 5.82 Å². The van der Waals surface area contributed by atoms with Crippen molar-refractivity contribution in [3.63, 3.8) is 0 Å². The number of piperazine rings is 1. The van der Waals surface area contributed by atoms with Gasteiger partial charge in [0.05, 0.1) is 10.5 Å². The first-order valence-corrected chi connectivity index (χ1v) is 9.39. The summed E-state index contributed by atoms with van der Waals surface area (Å²) < 4.78 is 0. The van der Waals surface area contributed by atoms with Crippen LogP contribution in [0.1, 0.15) is 11.1 Å². The molecule has 1 saturated heterocycles. The summed E-state index contributed by atoms with van der Waals surface area (Å²) in [5.74, 6) is 0.884. The van der Waals surface area contributed by atoms with Crippen LogP contribution in [0.4, 0.5) is 5.82 Å². The van der Waals surface area contributed by atoms with Gasteiger partial charge in [-0.05, 0) is 53.4 Å². The second kappa shape index (κ2) is 7.23. The number of nitrogens with one attached hydrogen (secondary N) is 1. The fourth-order valence-corrected chi connectivity index (χ4v) is 3.79. The highest BCUT2D eigenvalue weighted by atomic mass is 35.5. The van der Waals surface area contributed by atoms with Crippen LogP contribution in [0, 0.1) is 6.92 Å². The highest BCUT2D eigenvalue weighted by molar-refractivity contribution is 6.33. The van der Waals surface area contributed by atoms with Gasteiger partial charge in [0.15, 0.2) is 0 Å². The average Bonchev–Trinajstić information content (AvgIpc) is 2.68. The largest absolute Gasteiger partial charge is 0.353 e. The fourth-order valence-electron chi connectivity index (χ4n) is 3.51. The lowest BCUT2D eigenvalue weighted by Gasteiger charge is -2.29. The lowest BCUT2D eigenvalue weighted by atomic mass is 9.97. The molecule has 4 rings (SSSR count). The minimum Gasteiger partial charge on any atom is -0.353 e. The van der Waals surface area contributed by atoms with E-state index in [-0.39, 0.29) is 0 Å². The molecule has 0 saturated carbocycles. The number of aryl methyl sites for hydroxylation is 1. The molecule has 2 heterocycles. The van der Waals surface area contributed by atoms with E-state index < -0.39 is 0 Å². The van der Waals surface area contributed by atoms with E-state index in [1.54, 1.807) is 0 Å². The van der Waals surface area contributed by atoms with Gasteiger partial charge in [-0.1, -0.05) is 29.8 Å². The smallest absolute Gasteiger partial charge is 0.148 e. The van der Waals surface area contributed by atoms with E-state index in [0.717, 1.165) is 54.0 Å². The highest BCUT2D eigenvalue weighted by Gasteiger charge is 2.16. The van der Waals surface area contributed by atoms with Gasteiger partial charge in [0, 0.05) is 38.1 Å². The second-order valence-corrected chi connectivity index (χ2v) is 7.20. The monoisotopic (exact) mass is 366 g/mol. The number of halogens is 1. The third-order valence-electron chi connectivity index (χ3n) is 5.01. The lowest BCUT2D eigenvalue weighted by molar-refractivity contribution is 0.585. The first-order valence-electron chi connectivity index (χ1n) is 9.01. The van der Waals surface area contributed by atoms with Gasteiger partial charge in [0.25, 0.3) is 0 Å². The molecule has 3 aromatic rings. The van der Waals surface area contributed by atoms with Gasteiger partial charge in [-0.2, -0.15) is 0 Å². The zero-order valence-electron chi connectivity index (χ0n) is 14.9. The Kier molecular flexibility index (Phi) is 4.81. The van der Waals surface area contributed by atoms with Crippen LogP contribution < -0.4 is 16.0 Å². The summed E-state index contributed by atoms with van der Waals surface area (Å²) >= 11 is 6.57. The maximum Gasteiger partial charge on any atom is 0.148 e. The molecule has 3 N–H and O–H groups in total. The highest BCUT2D eigenvalue weighted by Crippen LogP contribution is 2.32. The molecule has 0 radical (unpaired) electrons. The zero-order chi connectivity index (χ0) is 18.1. The average molecular weight is 367 g/mol. The van der Waals surface area contributed by atoms with Crippen LogP contribution in [-0.4, -0.2) is 31.2 Å². The van der Waals surface area contributed by atoms with Crippen LogP contribution in [0.15, 0.2) is 42.5 Å². The number of hydrogen-bond acceptors (Lipinski definition) is 4. The summed E-state index contributed by atoms with van der Waals surface area (Å²) in [7, 11) is 0. The van der Waals surface area contributed by atoms with E-state index in [0.29, 0.717) is 11.6 Å². The second-order valence-electron chi connectivity index (χ2n) is 6.79. The van der Waals surface area contributed by atoms with Crippen molar-refractivity contribution in [2.45, 2.75) is 13.5 Å². The number of fused-ring (bicyclic) bond motifs is 1. The molecule has 0 spiro atoms. The molecule has 0 atom stereocenters. The third kappa shape index (κ3) is 3.28. The Labute approximate surface area is 159 Å². The molecule has 1 aliphatic rings. The molecule has 1 aliphatic heterocycles. The Hall–Kier alpha value is -2.14. The number of benzene rings is 2. The Bertz CT molecular complexity index is 948. The van der Waals surface area contributed by atoms with Crippen molar-refractivity contribution in [1.29, 1.82) is 0 Å². The van der Waals surface area contributed by atoms with E-state index in [4.69, 9.17) is 22.3 Å². The molecular formula is C21H23ClN4. The summed E-state index contributed by atoms with van der Waals surface area (Å²) in [5.41, 5.74) is 11.5. The van der Waals surface area contributed by atoms with Crippen LogP contribution in [0.2, 0.25) is 5.02 Å². The van der Waals surface area contributed by atoms with Crippen molar-refractivity contribution < 1.29 is 0 Å². The number of pyridine rings is 1. The van der Waals surface area contributed by atoms with Crippen molar-refractivity contribution >= 4 is 28.3 Å². The number of rotatable bonds is 3. The summed E-state index contributed by atoms with van der Waals surface area (Å²) in [5, 5.41) is 5.13. The van der Waals surface area contributed by atoms with Crippen molar-refractivity contribution in [2.75, 3.05) is 31.1 Å². The SMILES string of the molecule is Cc1ccc(CN)cc1-c1ccc2nc(N3CCNCC3)c(Cl)cc2c1. The minimum atomic E-state index is 0.544. The van der Waals surface area contributed by atoms with Gasteiger partial charge >= 0.3 is 0 Å². The number of nitrogens with two attached hydrogens (primary N) is 1. The Morgan fingerprint density at radius 1 is 1.12 bits per heavy atom. The van der Waals surface area contributed by atoms with Crippen molar-refractivity contribution in [1.82, 2.24) is 10.3 Å². The molecule has 0 aliphatic carbocycles. The van der Waals surface area contributed by atoms with Crippen LogP contribution in [-0.2, 0) is 6.54 Å². The molecule has 0 bridgehead atoms. The van der Waals surface area contributed by atoms with Crippen LogP contribution in [0.25, 0.3) is 22.0 Å². The van der Waals surface area contributed by atoms with Gasteiger partial charge in [-0.15, -0.1) is 0 Å². The summed E-state index contributed by atoms with van der Waals surface area (Å²) in [4.78, 5) is 7.09. The van der Waals surface area contributed by atoms with Crippen LogP contribution in [0.3, 0.4) is 0 Å². The van der Waals surface area contributed by atoms with Gasteiger partial charge in [0.2, 0.25) is 0 Å². The van der Waals surface area contributed by atoms with Crippen molar-refractivity contribution in [2.24, 2.45) is 5.73 Å². The molecule has 134 valence electrons. The molecule has 26 heavy (non-hydrogen) atoms. The number of nitrogens with zero attached hydrogens (tertiary/aromatic N) is 2. The lowest BCUT2D eigenvalue weighted by Crippen LogP contribution is -2.44. The molecule has 0 unspecified atom stereocenters. The van der Waals surface area contributed by atoms with E-state index in [2.05, 4.69) is 53.5 Å². The summed E-state index contributed by atoms with van der Waals surface area (Å²) in [6.07, 6.45) is 0. The first-order chi connectivity index (χ1) is 12.7. The molecule has 1 fully saturated rings. The fraction of sp³-hybridized carbons (Fsp3) is 0.286. The van der Waals surface area contributed by atoms with Crippen molar-refractivity contribution in [3.8, 4) is 11.1 Å². The van der Waals surface area contributed by atoms with E-state index >= 15 is 0 Å². The topological polar surface area (TPSA) is 54.2 Å². The van der Waals surface area contributed by atoms with E-state index in [1.807, 2.05) is 6.07 Å². The third-order valence-corrected chi connectivity index (χ3v) is 5.29. The first kappa shape index (κ1) is 17.3. The predicted octanol–water partition coefficient (Wildman–Crippen LogP) is 3.73. The Morgan fingerprint density at radius 2 is 1.92 bits per heavy atom. The predicted molar refractivity (Wildman–Crippen MR) is 110 cm³/mol. The Balaban J connectivity index is 1.76. The van der Waals surface area contributed by atoms with E-state index in [1.165, 1.54) is 11.1 Å². The van der Waals surface area contributed by atoms with Gasteiger partial charge < -0.3 is 16.0 Å². The summed E-state index contributed by atoms with van der Waals surface area (Å²) in [6.45, 7) is 6.46. The van der Waals surface area contributed by atoms with Crippen molar-refractivity contribution in [3.05, 3.63) is 58.6 Å².